The molecule has 0 amide bonds. The molecule has 9 nitrogen and oxygen atoms in total. The standard InChI is InChI=1S/C30H40N6O3/c1-5-23(19-33(3)4)39-30-31-26-20-36(27-18-22(37)17-21-9-7-8-10-24(21)27)12-11-25(26)29(32-30)35-15-13-34(14-16-35)28(38)6-2/h6-10,17-18,23,28,37-38H,2,5,11-16,19-20H2,1,3-4H3/t23-,28?/m1/s1. The first kappa shape index (κ1) is 27.2. The van der Waals surface area contributed by atoms with E-state index in [4.69, 9.17) is 14.7 Å². The molecular weight excluding hydrogens is 492 g/mol. The number of hydrogen-bond donors (Lipinski definition) is 2. The van der Waals surface area contributed by atoms with E-state index < -0.39 is 6.23 Å². The summed E-state index contributed by atoms with van der Waals surface area (Å²) in [7, 11) is 4.08. The summed E-state index contributed by atoms with van der Waals surface area (Å²) in [6.07, 6.45) is 2.57. The summed E-state index contributed by atoms with van der Waals surface area (Å²) in [5, 5.41) is 22.8. The smallest absolute Gasteiger partial charge is 0.318 e. The molecule has 1 unspecified atom stereocenters. The minimum absolute atomic E-state index is 0.0137. The Labute approximate surface area is 230 Å². The van der Waals surface area contributed by atoms with Gasteiger partial charge in [-0.3, -0.25) is 4.90 Å². The van der Waals surface area contributed by atoms with Gasteiger partial charge in [0.15, 0.2) is 0 Å². The SMILES string of the molecule is C=CC(O)N1CCN(c2nc(O[C@H](CC)CN(C)C)nc3c2CCN(c2cc(O)cc4ccccc24)C3)CC1. The highest BCUT2D eigenvalue weighted by Crippen LogP contribution is 2.36. The number of fused-ring (bicyclic) bond motifs is 2. The molecule has 39 heavy (non-hydrogen) atoms. The summed E-state index contributed by atoms with van der Waals surface area (Å²) in [4.78, 5) is 18.7. The van der Waals surface area contributed by atoms with Crippen molar-refractivity contribution in [1.82, 2.24) is 19.8 Å². The Hall–Kier alpha value is -3.40. The van der Waals surface area contributed by atoms with Crippen LogP contribution < -0.4 is 14.5 Å². The molecule has 2 aliphatic rings. The minimum atomic E-state index is -0.632. The Morgan fingerprint density at radius 1 is 1.08 bits per heavy atom. The zero-order valence-corrected chi connectivity index (χ0v) is 23.3. The van der Waals surface area contributed by atoms with Crippen molar-refractivity contribution in [1.29, 1.82) is 0 Å². The number of anilines is 2. The quantitative estimate of drug-likeness (QED) is 0.403. The lowest BCUT2D eigenvalue weighted by Crippen LogP contribution is -2.50. The number of aliphatic hydroxyl groups is 1. The molecule has 2 atom stereocenters. The number of phenols is 1. The molecule has 0 spiro atoms. The van der Waals surface area contributed by atoms with Crippen LogP contribution >= 0.6 is 0 Å². The first-order valence-electron chi connectivity index (χ1n) is 13.8. The van der Waals surface area contributed by atoms with Crippen LogP contribution in [-0.4, -0.2) is 95.7 Å². The third-order valence-corrected chi connectivity index (χ3v) is 7.68. The molecule has 3 heterocycles. The van der Waals surface area contributed by atoms with E-state index in [1.165, 1.54) is 0 Å². The van der Waals surface area contributed by atoms with Gasteiger partial charge in [-0.2, -0.15) is 9.97 Å². The monoisotopic (exact) mass is 532 g/mol. The Morgan fingerprint density at radius 3 is 2.56 bits per heavy atom. The average Bonchev–Trinajstić information content (AvgIpc) is 2.95. The van der Waals surface area contributed by atoms with Crippen LogP contribution in [0.5, 0.6) is 11.8 Å². The first-order valence-corrected chi connectivity index (χ1v) is 13.8. The van der Waals surface area contributed by atoms with Crippen LogP contribution in [0, 0.1) is 0 Å². The maximum atomic E-state index is 10.5. The lowest BCUT2D eigenvalue weighted by Gasteiger charge is -2.39. The normalized spacial score (nSPS) is 17.8. The average molecular weight is 533 g/mol. The third kappa shape index (κ3) is 5.95. The number of rotatable bonds is 9. The molecule has 0 radical (unpaired) electrons. The van der Waals surface area contributed by atoms with Crippen molar-refractivity contribution in [2.45, 2.75) is 38.6 Å². The van der Waals surface area contributed by atoms with Crippen molar-refractivity contribution in [2.75, 3.05) is 63.2 Å². The van der Waals surface area contributed by atoms with Crippen LogP contribution in [0.15, 0.2) is 49.1 Å². The second-order valence-electron chi connectivity index (χ2n) is 10.7. The fourth-order valence-corrected chi connectivity index (χ4v) is 5.60. The molecule has 208 valence electrons. The van der Waals surface area contributed by atoms with Crippen molar-refractivity contribution in [3.63, 3.8) is 0 Å². The lowest BCUT2D eigenvalue weighted by molar-refractivity contribution is 0.0379. The predicted octanol–water partition coefficient (Wildman–Crippen LogP) is 3.24. The lowest BCUT2D eigenvalue weighted by atomic mass is 10.0. The summed E-state index contributed by atoms with van der Waals surface area (Å²) in [6.45, 7) is 11.0. The second-order valence-corrected chi connectivity index (χ2v) is 10.7. The van der Waals surface area contributed by atoms with E-state index in [1.54, 1.807) is 6.08 Å². The summed E-state index contributed by atoms with van der Waals surface area (Å²) in [6, 6.07) is 12.2. The Morgan fingerprint density at radius 2 is 1.85 bits per heavy atom. The molecule has 0 saturated carbocycles. The van der Waals surface area contributed by atoms with Gasteiger partial charge < -0.3 is 29.6 Å². The van der Waals surface area contributed by atoms with Crippen LogP contribution in [0.4, 0.5) is 11.5 Å². The van der Waals surface area contributed by atoms with E-state index in [0.29, 0.717) is 12.6 Å². The molecule has 0 aliphatic carbocycles. The van der Waals surface area contributed by atoms with Crippen molar-refractivity contribution in [3.05, 3.63) is 60.3 Å². The largest absolute Gasteiger partial charge is 0.508 e. The molecule has 5 rings (SSSR count). The van der Waals surface area contributed by atoms with Gasteiger partial charge in [-0.05, 0) is 44.5 Å². The summed E-state index contributed by atoms with van der Waals surface area (Å²) >= 11 is 0. The van der Waals surface area contributed by atoms with Crippen molar-refractivity contribution in [3.8, 4) is 11.8 Å². The third-order valence-electron chi connectivity index (χ3n) is 7.68. The van der Waals surface area contributed by atoms with Gasteiger partial charge >= 0.3 is 6.01 Å². The molecule has 2 aliphatic heterocycles. The van der Waals surface area contributed by atoms with E-state index in [9.17, 15) is 10.2 Å². The zero-order chi connectivity index (χ0) is 27.5. The van der Waals surface area contributed by atoms with Crippen molar-refractivity contribution < 1.29 is 14.9 Å². The van der Waals surface area contributed by atoms with E-state index >= 15 is 0 Å². The maximum absolute atomic E-state index is 10.5. The summed E-state index contributed by atoms with van der Waals surface area (Å²) in [5.41, 5.74) is 3.12. The number of hydrogen-bond acceptors (Lipinski definition) is 9. The molecule has 1 aromatic heterocycles. The first-order chi connectivity index (χ1) is 18.9. The fraction of sp³-hybridized carbons (Fsp3) is 0.467. The molecule has 9 heteroatoms. The molecule has 1 saturated heterocycles. The van der Waals surface area contributed by atoms with E-state index in [1.807, 2.05) is 49.3 Å². The van der Waals surface area contributed by atoms with E-state index in [2.05, 4.69) is 34.3 Å². The Balaban J connectivity index is 1.48. The Kier molecular flexibility index (Phi) is 8.20. The van der Waals surface area contributed by atoms with Gasteiger partial charge in [0.05, 0.1) is 12.2 Å². The van der Waals surface area contributed by atoms with E-state index in [0.717, 1.165) is 85.6 Å². The molecule has 2 N–H and O–H groups in total. The Bertz CT molecular complexity index is 1310. The number of likely N-dealkylation sites (N-methyl/N-ethyl adjacent to an activating group) is 1. The van der Waals surface area contributed by atoms with Gasteiger partial charge in [0, 0.05) is 62.0 Å². The molecular formula is C30H40N6O3. The van der Waals surface area contributed by atoms with Crippen molar-refractivity contribution in [2.24, 2.45) is 0 Å². The predicted molar refractivity (Wildman–Crippen MR) is 156 cm³/mol. The number of benzene rings is 2. The van der Waals surface area contributed by atoms with E-state index in [-0.39, 0.29) is 11.9 Å². The summed E-state index contributed by atoms with van der Waals surface area (Å²) in [5.74, 6) is 1.19. The topological polar surface area (TPSA) is 88.4 Å². The fourth-order valence-electron chi connectivity index (χ4n) is 5.60. The van der Waals surface area contributed by atoms with Crippen LogP contribution in [0.1, 0.15) is 24.6 Å². The van der Waals surface area contributed by atoms with Gasteiger partial charge in [0.2, 0.25) is 0 Å². The second kappa shape index (κ2) is 11.8. The molecule has 2 aromatic carbocycles. The number of piperazine rings is 1. The summed E-state index contributed by atoms with van der Waals surface area (Å²) < 4.78 is 6.37. The van der Waals surface area contributed by atoms with Gasteiger partial charge in [-0.15, -0.1) is 0 Å². The number of aromatic hydroxyl groups is 1. The van der Waals surface area contributed by atoms with Crippen LogP contribution in [0.2, 0.25) is 0 Å². The van der Waals surface area contributed by atoms with Crippen LogP contribution in [0.3, 0.4) is 0 Å². The molecule has 3 aromatic rings. The maximum Gasteiger partial charge on any atom is 0.318 e. The number of ether oxygens (including phenoxy) is 1. The van der Waals surface area contributed by atoms with Crippen LogP contribution in [0.25, 0.3) is 10.8 Å². The highest BCUT2D eigenvalue weighted by molar-refractivity contribution is 5.95. The molecule has 1 fully saturated rings. The van der Waals surface area contributed by atoms with Crippen LogP contribution in [-0.2, 0) is 13.0 Å². The molecule has 0 bridgehead atoms. The number of aliphatic hydroxyl groups excluding tert-OH is 1. The van der Waals surface area contributed by atoms with Gasteiger partial charge in [-0.25, -0.2) is 0 Å². The minimum Gasteiger partial charge on any atom is -0.508 e. The number of phenolic OH excluding ortho intramolecular Hbond substituents is 1. The zero-order valence-electron chi connectivity index (χ0n) is 23.3. The van der Waals surface area contributed by atoms with Crippen molar-refractivity contribution >= 4 is 22.3 Å². The van der Waals surface area contributed by atoms with Gasteiger partial charge in [0.1, 0.15) is 23.9 Å². The number of aromatic nitrogens is 2. The number of nitrogens with zero attached hydrogens (tertiary/aromatic N) is 6. The van der Waals surface area contributed by atoms with Gasteiger partial charge in [0.25, 0.3) is 0 Å². The van der Waals surface area contributed by atoms with Gasteiger partial charge in [-0.1, -0.05) is 37.8 Å². The highest BCUT2D eigenvalue weighted by atomic mass is 16.5. The highest BCUT2D eigenvalue weighted by Gasteiger charge is 2.29.